The van der Waals surface area contributed by atoms with E-state index in [0.717, 1.165) is 4.68 Å². The normalized spacial score (nSPS) is 10.3. The SMILES string of the molecule is COc1ccccc1Oc1cc(NC(=O)Cn2ccc(C(=O)O)n2)cc([N+](=O)[O-])c1. The summed E-state index contributed by atoms with van der Waals surface area (Å²) in [6.07, 6.45) is 1.34. The van der Waals surface area contributed by atoms with Crippen LogP contribution in [0, 0.1) is 10.1 Å². The summed E-state index contributed by atoms with van der Waals surface area (Å²) >= 11 is 0. The molecule has 0 spiro atoms. The van der Waals surface area contributed by atoms with Crippen molar-refractivity contribution in [3.05, 3.63) is 70.5 Å². The molecule has 2 N–H and O–H groups in total. The summed E-state index contributed by atoms with van der Waals surface area (Å²) in [7, 11) is 1.46. The summed E-state index contributed by atoms with van der Waals surface area (Å²) < 4.78 is 12.0. The summed E-state index contributed by atoms with van der Waals surface area (Å²) in [5.41, 5.74) is -0.361. The van der Waals surface area contributed by atoms with E-state index >= 15 is 0 Å². The molecule has 0 aliphatic rings. The number of ether oxygens (including phenoxy) is 2. The van der Waals surface area contributed by atoms with Crippen molar-refractivity contribution in [2.24, 2.45) is 0 Å². The molecule has 0 aliphatic heterocycles. The second kappa shape index (κ2) is 8.73. The highest BCUT2D eigenvalue weighted by Gasteiger charge is 2.15. The highest BCUT2D eigenvalue weighted by atomic mass is 16.6. The Morgan fingerprint density at radius 2 is 1.93 bits per heavy atom. The van der Waals surface area contributed by atoms with Crippen molar-refractivity contribution in [3.63, 3.8) is 0 Å². The minimum atomic E-state index is -1.22. The lowest BCUT2D eigenvalue weighted by molar-refractivity contribution is -0.384. The molecule has 3 aromatic rings. The van der Waals surface area contributed by atoms with Gasteiger partial charge in [0.15, 0.2) is 17.2 Å². The Morgan fingerprint density at radius 1 is 1.20 bits per heavy atom. The van der Waals surface area contributed by atoms with Gasteiger partial charge in [0.1, 0.15) is 12.3 Å². The van der Waals surface area contributed by atoms with Gasteiger partial charge < -0.3 is 19.9 Å². The van der Waals surface area contributed by atoms with E-state index in [9.17, 15) is 19.7 Å². The fourth-order valence-electron chi connectivity index (χ4n) is 2.56. The molecular weight excluding hydrogens is 396 g/mol. The van der Waals surface area contributed by atoms with Gasteiger partial charge in [0, 0.05) is 18.3 Å². The number of hydrogen-bond acceptors (Lipinski definition) is 7. The molecule has 11 heteroatoms. The van der Waals surface area contributed by atoms with E-state index in [4.69, 9.17) is 14.6 Å². The number of nitrogens with one attached hydrogen (secondary N) is 1. The monoisotopic (exact) mass is 412 g/mol. The molecule has 2 aromatic carbocycles. The lowest BCUT2D eigenvalue weighted by Gasteiger charge is -2.12. The zero-order valence-corrected chi connectivity index (χ0v) is 15.6. The Bertz CT molecular complexity index is 1110. The summed E-state index contributed by atoms with van der Waals surface area (Å²) in [5.74, 6) is -0.876. The number of non-ortho nitro benzene ring substituents is 1. The molecule has 30 heavy (non-hydrogen) atoms. The van der Waals surface area contributed by atoms with Crippen LogP contribution >= 0.6 is 0 Å². The summed E-state index contributed by atoms with van der Waals surface area (Å²) in [4.78, 5) is 33.8. The quantitative estimate of drug-likeness (QED) is 0.424. The summed E-state index contributed by atoms with van der Waals surface area (Å²) in [5, 5.41) is 26.4. The van der Waals surface area contributed by atoms with Crippen molar-refractivity contribution in [1.29, 1.82) is 0 Å². The average Bonchev–Trinajstić information content (AvgIpc) is 3.16. The Kier molecular flexibility index (Phi) is 5.92. The second-order valence-corrected chi connectivity index (χ2v) is 5.98. The predicted octanol–water partition coefficient (Wildman–Crippen LogP) is 2.93. The van der Waals surface area contributed by atoms with Crippen LogP contribution in [0.25, 0.3) is 0 Å². The van der Waals surface area contributed by atoms with Crippen LogP contribution in [0.4, 0.5) is 11.4 Å². The number of carbonyl (C=O) groups excluding carboxylic acids is 1. The van der Waals surface area contributed by atoms with Crippen molar-refractivity contribution >= 4 is 23.3 Å². The third kappa shape index (κ3) is 4.90. The molecule has 0 unspecified atom stereocenters. The van der Waals surface area contributed by atoms with Crippen molar-refractivity contribution in [1.82, 2.24) is 9.78 Å². The topological polar surface area (TPSA) is 146 Å². The smallest absolute Gasteiger partial charge is 0.356 e. The summed E-state index contributed by atoms with van der Waals surface area (Å²) in [6.45, 7) is -0.279. The molecule has 0 bridgehead atoms. The molecule has 154 valence electrons. The number of carboxylic acids is 1. The minimum Gasteiger partial charge on any atom is -0.493 e. The number of carbonyl (C=O) groups is 2. The fourth-order valence-corrected chi connectivity index (χ4v) is 2.56. The second-order valence-electron chi connectivity index (χ2n) is 5.98. The van der Waals surface area contributed by atoms with Crippen LogP contribution in [0.15, 0.2) is 54.7 Å². The largest absolute Gasteiger partial charge is 0.493 e. The van der Waals surface area contributed by atoms with Gasteiger partial charge in [0.05, 0.1) is 23.8 Å². The molecule has 0 radical (unpaired) electrons. The maximum absolute atomic E-state index is 12.3. The number of nitro groups is 1. The van der Waals surface area contributed by atoms with Crippen LogP contribution < -0.4 is 14.8 Å². The average molecular weight is 412 g/mol. The molecular formula is C19H16N4O7. The Hall–Kier alpha value is -4.41. The molecule has 0 atom stereocenters. The van der Waals surface area contributed by atoms with Crippen LogP contribution in [-0.2, 0) is 11.3 Å². The Labute approximate surface area is 169 Å². The first-order valence-electron chi connectivity index (χ1n) is 8.52. The third-order valence-corrected chi connectivity index (χ3v) is 3.85. The van der Waals surface area contributed by atoms with E-state index in [-0.39, 0.29) is 29.4 Å². The van der Waals surface area contributed by atoms with Gasteiger partial charge in [0.2, 0.25) is 5.91 Å². The lowest BCUT2D eigenvalue weighted by atomic mass is 10.2. The van der Waals surface area contributed by atoms with Gasteiger partial charge in [-0.2, -0.15) is 5.10 Å². The number of aromatic carboxylic acids is 1. The number of amides is 1. The zero-order chi connectivity index (χ0) is 21.7. The predicted molar refractivity (Wildman–Crippen MR) is 104 cm³/mol. The molecule has 0 fully saturated rings. The highest BCUT2D eigenvalue weighted by Crippen LogP contribution is 2.34. The number of aromatic nitrogens is 2. The molecule has 1 aromatic heterocycles. The van der Waals surface area contributed by atoms with Gasteiger partial charge in [-0.1, -0.05) is 12.1 Å². The van der Waals surface area contributed by atoms with E-state index in [0.29, 0.717) is 11.5 Å². The van der Waals surface area contributed by atoms with Gasteiger partial charge >= 0.3 is 5.97 Å². The molecule has 0 saturated carbocycles. The van der Waals surface area contributed by atoms with Crippen molar-refractivity contribution in [2.45, 2.75) is 6.54 Å². The van der Waals surface area contributed by atoms with Gasteiger partial charge in [-0.3, -0.25) is 19.6 Å². The standard InChI is InChI=1S/C19H16N4O7/c1-29-16-4-2-3-5-17(16)30-14-9-12(8-13(10-14)23(27)28)20-18(24)11-22-7-6-15(21-22)19(25)26/h2-10H,11H2,1H3,(H,20,24)(H,25,26). The van der Waals surface area contributed by atoms with Crippen LogP contribution in [0.5, 0.6) is 17.2 Å². The third-order valence-electron chi connectivity index (χ3n) is 3.85. The number of methoxy groups -OCH3 is 1. The highest BCUT2D eigenvalue weighted by molar-refractivity contribution is 5.91. The summed E-state index contributed by atoms with van der Waals surface area (Å²) in [6, 6.07) is 11.8. The molecule has 3 rings (SSSR count). The van der Waals surface area contributed by atoms with E-state index < -0.39 is 16.8 Å². The first kappa shape index (κ1) is 20.3. The number of nitro benzene ring substituents is 1. The molecule has 0 aliphatic carbocycles. The van der Waals surface area contributed by atoms with E-state index in [1.54, 1.807) is 24.3 Å². The van der Waals surface area contributed by atoms with Gasteiger partial charge in [-0.25, -0.2) is 4.79 Å². The van der Waals surface area contributed by atoms with Crippen LogP contribution in [0.2, 0.25) is 0 Å². The van der Waals surface area contributed by atoms with E-state index in [1.807, 2.05) is 0 Å². The van der Waals surface area contributed by atoms with Gasteiger partial charge in [-0.05, 0) is 18.2 Å². The zero-order valence-electron chi connectivity index (χ0n) is 15.6. The molecule has 0 saturated heterocycles. The number of anilines is 1. The Morgan fingerprint density at radius 3 is 2.57 bits per heavy atom. The minimum absolute atomic E-state index is 0.122. The van der Waals surface area contributed by atoms with Crippen molar-refractivity contribution in [2.75, 3.05) is 12.4 Å². The fraction of sp³-hybridized carbons (Fsp3) is 0.105. The maximum atomic E-state index is 12.3. The lowest BCUT2D eigenvalue weighted by Crippen LogP contribution is -2.19. The van der Waals surface area contributed by atoms with E-state index in [2.05, 4.69) is 10.4 Å². The van der Waals surface area contributed by atoms with Gasteiger partial charge in [-0.15, -0.1) is 0 Å². The number of para-hydroxylation sites is 2. The van der Waals surface area contributed by atoms with Crippen LogP contribution in [-0.4, -0.2) is 38.8 Å². The van der Waals surface area contributed by atoms with Crippen molar-refractivity contribution in [3.8, 4) is 17.2 Å². The number of nitrogens with zero attached hydrogens (tertiary/aromatic N) is 3. The van der Waals surface area contributed by atoms with Crippen LogP contribution in [0.1, 0.15) is 10.5 Å². The number of carboxylic acid groups (broad SMARTS) is 1. The number of benzene rings is 2. The first-order chi connectivity index (χ1) is 14.4. The molecule has 11 nitrogen and oxygen atoms in total. The van der Waals surface area contributed by atoms with Crippen molar-refractivity contribution < 1.29 is 29.1 Å². The molecule has 1 amide bonds. The molecule has 1 heterocycles. The first-order valence-corrected chi connectivity index (χ1v) is 8.52. The number of rotatable bonds is 8. The van der Waals surface area contributed by atoms with Crippen LogP contribution in [0.3, 0.4) is 0 Å². The maximum Gasteiger partial charge on any atom is 0.356 e. The van der Waals surface area contributed by atoms with Gasteiger partial charge in [0.25, 0.3) is 5.69 Å². The Balaban J connectivity index is 1.80. The number of hydrogen-bond donors (Lipinski definition) is 2. The van der Waals surface area contributed by atoms with E-state index in [1.165, 1.54) is 37.6 Å².